The van der Waals surface area contributed by atoms with Crippen molar-refractivity contribution >= 4 is 11.6 Å². The van der Waals surface area contributed by atoms with E-state index in [2.05, 4.69) is 48.3 Å². The number of nitrogens with one attached hydrogen (secondary N) is 2. The molecule has 0 saturated carbocycles. The normalized spacial score (nSPS) is 12.3. The summed E-state index contributed by atoms with van der Waals surface area (Å²) in [5.74, 6) is 2.35. The summed E-state index contributed by atoms with van der Waals surface area (Å²) in [6.07, 6.45) is 1.04. The van der Waals surface area contributed by atoms with Gasteiger partial charge in [-0.2, -0.15) is 0 Å². The summed E-state index contributed by atoms with van der Waals surface area (Å²) in [5, 5.41) is 16.3. The molecule has 0 aliphatic heterocycles. The summed E-state index contributed by atoms with van der Waals surface area (Å²) in [6, 6.07) is 1.89. The predicted molar refractivity (Wildman–Crippen MR) is 84.3 cm³/mol. The summed E-state index contributed by atoms with van der Waals surface area (Å²) in [5.41, 5.74) is -0.890. The van der Waals surface area contributed by atoms with Gasteiger partial charge in [0, 0.05) is 24.6 Å². The van der Waals surface area contributed by atoms with E-state index in [1.165, 1.54) is 0 Å². The van der Waals surface area contributed by atoms with Crippen molar-refractivity contribution < 1.29 is 5.11 Å². The first-order chi connectivity index (χ1) is 9.12. The monoisotopic (exact) mass is 280 g/mol. The number of rotatable bonds is 6. The van der Waals surface area contributed by atoms with E-state index >= 15 is 0 Å². The molecule has 1 heterocycles. The Hall–Kier alpha value is -1.36. The van der Waals surface area contributed by atoms with Crippen molar-refractivity contribution in [3.8, 4) is 0 Å². The van der Waals surface area contributed by atoms with E-state index in [4.69, 9.17) is 0 Å². The van der Waals surface area contributed by atoms with Crippen LogP contribution in [0, 0.1) is 0 Å². The summed E-state index contributed by atoms with van der Waals surface area (Å²) in [7, 11) is 0. The summed E-state index contributed by atoms with van der Waals surface area (Å²) >= 11 is 0. The summed E-state index contributed by atoms with van der Waals surface area (Å²) in [6.45, 7) is 13.2. The van der Waals surface area contributed by atoms with Crippen LogP contribution in [0.1, 0.15) is 53.8 Å². The van der Waals surface area contributed by atoms with Gasteiger partial charge in [-0.25, -0.2) is 9.97 Å². The lowest BCUT2D eigenvalue weighted by molar-refractivity contribution is 0.0944. The second-order valence-corrected chi connectivity index (χ2v) is 6.80. The molecule has 1 rings (SSSR count). The fourth-order valence-corrected chi connectivity index (χ4v) is 1.52. The van der Waals surface area contributed by atoms with Crippen molar-refractivity contribution in [3.63, 3.8) is 0 Å². The van der Waals surface area contributed by atoms with Crippen LogP contribution in [0.2, 0.25) is 0 Å². The Morgan fingerprint density at radius 1 is 1.05 bits per heavy atom. The lowest BCUT2D eigenvalue weighted by atomic mass is 9.96. The zero-order valence-electron chi connectivity index (χ0n) is 13.5. The van der Waals surface area contributed by atoms with Gasteiger partial charge in [0.15, 0.2) is 0 Å². The molecule has 0 aliphatic carbocycles. The average Bonchev–Trinajstić information content (AvgIpc) is 2.32. The van der Waals surface area contributed by atoms with Gasteiger partial charge in [0.2, 0.25) is 0 Å². The molecule has 1 aromatic rings. The van der Waals surface area contributed by atoms with Crippen molar-refractivity contribution in [1.29, 1.82) is 0 Å². The number of aliphatic hydroxyl groups is 1. The highest BCUT2D eigenvalue weighted by atomic mass is 16.3. The molecule has 3 N–H and O–H groups in total. The fraction of sp³-hybridized carbons (Fsp3) is 0.733. The van der Waals surface area contributed by atoms with Gasteiger partial charge < -0.3 is 15.7 Å². The van der Waals surface area contributed by atoms with E-state index in [9.17, 15) is 5.11 Å². The van der Waals surface area contributed by atoms with Gasteiger partial charge in [0.25, 0.3) is 0 Å². The van der Waals surface area contributed by atoms with Gasteiger partial charge >= 0.3 is 0 Å². The molecule has 0 spiro atoms. The minimum absolute atomic E-state index is 0.116. The van der Waals surface area contributed by atoms with E-state index in [-0.39, 0.29) is 5.41 Å². The van der Waals surface area contributed by atoms with Crippen molar-refractivity contribution in [3.05, 3.63) is 11.9 Å². The van der Waals surface area contributed by atoms with E-state index in [1.807, 2.05) is 6.07 Å². The van der Waals surface area contributed by atoms with Crippen LogP contribution in [-0.4, -0.2) is 33.8 Å². The third kappa shape index (κ3) is 5.74. The molecule has 5 heteroatoms. The Labute approximate surface area is 122 Å². The molecular formula is C15H28N4O. The maximum absolute atomic E-state index is 9.80. The van der Waals surface area contributed by atoms with Crippen LogP contribution in [0.3, 0.4) is 0 Å². The maximum atomic E-state index is 9.80. The van der Waals surface area contributed by atoms with Crippen molar-refractivity contribution in [2.45, 2.75) is 59.0 Å². The molecule has 0 saturated heterocycles. The van der Waals surface area contributed by atoms with Crippen molar-refractivity contribution in [1.82, 2.24) is 9.97 Å². The number of hydrogen-bond donors (Lipinski definition) is 3. The van der Waals surface area contributed by atoms with Crippen LogP contribution in [0.5, 0.6) is 0 Å². The zero-order chi connectivity index (χ0) is 15.4. The SMILES string of the molecule is CCCNc1cc(NCC(C)(C)O)nc(C(C)(C)C)n1. The molecule has 0 radical (unpaired) electrons. The highest BCUT2D eigenvalue weighted by molar-refractivity contribution is 5.48. The Morgan fingerprint density at radius 3 is 2.05 bits per heavy atom. The average molecular weight is 280 g/mol. The van der Waals surface area contributed by atoms with Gasteiger partial charge in [-0.15, -0.1) is 0 Å². The molecule has 5 nitrogen and oxygen atoms in total. The van der Waals surface area contributed by atoms with Gasteiger partial charge in [0.05, 0.1) is 5.60 Å². The Morgan fingerprint density at radius 2 is 1.60 bits per heavy atom. The minimum Gasteiger partial charge on any atom is -0.389 e. The first-order valence-electron chi connectivity index (χ1n) is 7.21. The third-order valence-corrected chi connectivity index (χ3v) is 2.66. The highest BCUT2D eigenvalue weighted by Gasteiger charge is 2.20. The molecular weight excluding hydrogens is 252 g/mol. The van der Waals surface area contributed by atoms with Crippen LogP contribution in [0.4, 0.5) is 11.6 Å². The largest absolute Gasteiger partial charge is 0.389 e. The summed E-state index contributed by atoms with van der Waals surface area (Å²) < 4.78 is 0. The number of aromatic nitrogens is 2. The smallest absolute Gasteiger partial charge is 0.138 e. The Bertz CT molecular complexity index is 432. The molecule has 0 bridgehead atoms. The minimum atomic E-state index is -0.774. The molecule has 0 aliphatic rings. The quantitative estimate of drug-likeness (QED) is 0.747. The van der Waals surface area contributed by atoms with Gasteiger partial charge in [-0.1, -0.05) is 27.7 Å². The number of anilines is 2. The summed E-state index contributed by atoms with van der Waals surface area (Å²) in [4.78, 5) is 9.10. The molecule has 0 amide bonds. The number of hydrogen-bond acceptors (Lipinski definition) is 5. The fourth-order valence-electron chi connectivity index (χ4n) is 1.52. The van der Waals surface area contributed by atoms with E-state index in [1.54, 1.807) is 13.8 Å². The molecule has 0 fully saturated rings. The van der Waals surface area contributed by atoms with Crippen LogP contribution >= 0.6 is 0 Å². The van der Waals surface area contributed by atoms with E-state index < -0.39 is 5.60 Å². The Balaban J connectivity index is 2.97. The van der Waals surface area contributed by atoms with Gasteiger partial charge in [-0.05, 0) is 20.3 Å². The maximum Gasteiger partial charge on any atom is 0.138 e. The molecule has 1 aromatic heterocycles. The standard InChI is InChI=1S/C15H28N4O/c1-7-8-16-11-9-12(17-10-15(5,6)20)19-13(18-11)14(2,3)4/h9,20H,7-8,10H2,1-6H3,(H2,16,17,18,19). The van der Waals surface area contributed by atoms with E-state index in [0.29, 0.717) is 6.54 Å². The van der Waals surface area contributed by atoms with Crippen molar-refractivity contribution in [2.24, 2.45) is 0 Å². The first-order valence-corrected chi connectivity index (χ1v) is 7.21. The molecule has 0 unspecified atom stereocenters. The first kappa shape index (κ1) is 16.7. The Kier molecular flexibility index (Phi) is 5.34. The molecule has 20 heavy (non-hydrogen) atoms. The lowest BCUT2D eigenvalue weighted by Gasteiger charge is -2.21. The molecule has 0 atom stereocenters. The third-order valence-electron chi connectivity index (χ3n) is 2.66. The molecule has 0 aromatic carbocycles. The zero-order valence-corrected chi connectivity index (χ0v) is 13.5. The van der Waals surface area contributed by atoms with Crippen LogP contribution < -0.4 is 10.6 Å². The second kappa shape index (κ2) is 6.39. The highest BCUT2D eigenvalue weighted by Crippen LogP contribution is 2.22. The van der Waals surface area contributed by atoms with Gasteiger partial charge in [0.1, 0.15) is 17.5 Å². The van der Waals surface area contributed by atoms with Crippen LogP contribution in [0.15, 0.2) is 6.07 Å². The lowest BCUT2D eigenvalue weighted by Crippen LogP contribution is -2.30. The van der Waals surface area contributed by atoms with E-state index in [0.717, 1.165) is 30.4 Å². The second-order valence-electron chi connectivity index (χ2n) is 6.80. The van der Waals surface area contributed by atoms with Gasteiger partial charge in [-0.3, -0.25) is 0 Å². The molecule has 114 valence electrons. The van der Waals surface area contributed by atoms with Crippen molar-refractivity contribution in [2.75, 3.05) is 23.7 Å². The predicted octanol–water partition coefficient (Wildman–Crippen LogP) is 2.78. The topological polar surface area (TPSA) is 70.1 Å². The number of nitrogens with zero attached hydrogens (tertiary/aromatic N) is 2. The van der Waals surface area contributed by atoms with Crippen LogP contribution in [-0.2, 0) is 5.41 Å². The van der Waals surface area contributed by atoms with Crippen LogP contribution in [0.25, 0.3) is 0 Å².